The van der Waals surface area contributed by atoms with Crippen LogP contribution in [-0.2, 0) is 0 Å². The van der Waals surface area contributed by atoms with Gasteiger partial charge < -0.3 is 0 Å². The maximum atomic E-state index is 7.25. The van der Waals surface area contributed by atoms with E-state index in [2.05, 4.69) is 0 Å². The summed E-state index contributed by atoms with van der Waals surface area (Å²) >= 11 is 0. The van der Waals surface area contributed by atoms with Crippen LogP contribution in [0.25, 0.3) is 76.5 Å². The zero-order valence-electron chi connectivity index (χ0n) is 31.5. The van der Waals surface area contributed by atoms with Gasteiger partial charge in [0.15, 0.2) is 0 Å². The van der Waals surface area contributed by atoms with Gasteiger partial charge in [0, 0.05) is 0 Å². The van der Waals surface area contributed by atoms with E-state index in [4.69, 9.17) is 149 Å². The van der Waals surface area contributed by atoms with Gasteiger partial charge in [-0.1, -0.05) is 102 Å². The van der Waals surface area contributed by atoms with Crippen molar-refractivity contribution in [2.24, 2.45) is 0 Å². The summed E-state index contributed by atoms with van der Waals surface area (Å²) in [5.41, 5.74) is 0.551. The van der Waals surface area contributed by atoms with Gasteiger partial charge in [0.2, 0.25) is 0 Å². The minimum atomic E-state index is -0.143. The third-order valence-electron chi connectivity index (χ3n) is 11.5. The molecule has 59 heavy (non-hydrogen) atoms. The molecular formula is C40H7B19. The largest absolute Gasteiger partial charge is 0.115 e. The van der Waals surface area contributed by atoms with Crippen LogP contribution in [0.4, 0.5) is 0 Å². The Bertz CT molecular complexity index is 3180. The van der Waals surface area contributed by atoms with Crippen molar-refractivity contribution >= 4 is 296 Å². The Morgan fingerprint density at radius 3 is 0.966 bits per heavy atom. The third kappa shape index (κ3) is 5.71. The van der Waals surface area contributed by atoms with Crippen molar-refractivity contribution < 1.29 is 0 Å². The highest BCUT2D eigenvalue weighted by Crippen LogP contribution is 2.40. The first-order valence-corrected chi connectivity index (χ1v) is 17.8. The van der Waals surface area contributed by atoms with Crippen LogP contribution in [0.15, 0.2) is 42.5 Å². The van der Waals surface area contributed by atoms with E-state index in [0.29, 0.717) is 21.9 Å². The Morgan fingerprint density at radius 1 is 0.203 bits per heavy atom. The Labute approximate surface area is 369 Å². The molecule has 0 N–H and O–H groups in total. The van der Waals surface area contributed by atoms with E-state index in [1.807, 2.05) is 42.5 Å². The molecule has 0 aliphatic carbocycles. The van der Waals surface area contributed by atoms with Gasteiger partial charge in [-0.15, -0.1) is 38.2 Å². The van der Waals surface area contributed by atoms with Crippen LogP contribution in [0.3, 0.4) is 0 Å². The number of benzene rings is 8. The predicted octanol–water partition coefficient (Wildman–Crippen LogP) is -11.6. The van der Waals surface area contributed by atoms with E-state index in [-0.39, 0.29) is 148 Å². The quantitative estimate of drug-likeness (QED) is 0.128. The molecule has 0 spiro atoms. The Hall–Kier alpha value is -3.97. The van der Waals surface area contributed by atoms with Gasteiger partial charge in [0.1, 0.15) is 149 Å². The van der Waals surface area contributed by atoms with Crippen LogP contribution in [0.1, 0.15) is 0 Å². The van der Waals surface area contributed by atoms with Gasteiger partial charge in [-0.3, -0.25) is 0 Å². The summed E-state index contributed by atoms with van der Waals surface area (Å²) in [7, 11) is 128. The van der Waals surface area contributed by atoms with Crippen molar-refractivity contribution in [1.29, 1.82) is 0 Å². The topological polar surface area (TPSA) is 0 Å². The van der Waals surface area contributed by atoms with E-state index in [1.54, 1.807) is 0 Å². The van der Waals surface area contributed by atoms with E-state index in [0.717, 1.165) is 10.8 Å². The van der Waals surface area contributed by atoms with E-state index >= 15 is 0 Å². The average molecular weight is 693 g/mol. The SMILES string of the molecule is [B]c1c([B])c(-c2c([B])c([B])c3c([B])c([B])c([B])c([B])c3c2[B])c([B])c(-c2c3c([B])c([B])c([B])c([B])c3c(-c3ccc4ccccc4c3)c3c([B])c([B])c([B])c([B])c23)c1[B]. The molecule has 0 atom stereocenters. The highest BCUT2D eigenvalue weighted by Gasteiger charge is 2.28. The van der Waals surface area contributed by atoms with E-state index < -0.39 is 0 Å². The summed E-state index contributed by atoms with van der Waals surface area (Å²) in [6.07, 6.45) is 0. The van der Waals surface area contributed by atoms with Crippen molar-refractivity contribution in [1.82, 2.24) is 0 Å². The molecule has 19 heteroatoms. The molecular weight excluding hydrogens is 686 g/mol. The van der Waals surface area contributed by atoms with Crippen molar-refractivity contribution in [3.05, 3.63) is 42.5 Å². The van der Waals surface area contributed by atoms with Gasteiger partial charge in [0.25, 0.3) is 0 Å². The lowest BCUT2D eigenvalue weighted by atomic mass is 9.55. The Morgan fingerprint density at radius 2 is 0.508 bits per heavy atom. The number of hydrogen-bond donors (Lipinski definition) is 0. The second-order valence-corrected chi connectivity index (χ2v) is 14.5. The summed E-state index contributed by atoms with van der Waals surface area (Å²) < 4.78 is 0. The molecule has 0 aliphatic heterocycles. The van der Waals surface area contributed by atoms with Crippen molar-refractivity contribution in [3.8, 4) is 33.4 Å². The predicted molar refractivity (Wildman–Crippen MR) is 275 cm³/mol. The van der Waals surface area contributed by atoms with E-state index in [1.165, 1.54) is 0 Å². The summed E-state index contributed by atoms with van der Waals surface area (Å²) in [5, 5.41) is 3.21. The van der Waals surface area contributed by atoms with Crippen LogP contribution >= 0.6 is 0 Å². The van der Waals surface area contributed by atoms with Gasteiger partial charge in [-0.05, 0) is 82.5 Å². The average Bonchev–Trinajstić information content (AvgIpc) is 3.22. The standard InChI is InChI=1S/C40H7B19/c41-22-17(30(49)34(53)31(50)19(22)18-23(42)20-21(29(48)28(18)47)33(52)40(59)39(58)32(20)51)12-15-13(24(43)35(54)37(56)26(15)45)11(10-6-5-8-3-1-2-4-9(8)7-10)14-16(12)27(46)38(57)36(55)25(14)44/h1-7H. The van der Waals surface area contributed by atoms with Gasteiger partial charge >= 0.3 is 0 Å². The Kier molecular flexibility index (Phi) is 10.3. The van der Waals surface area contributed by atoms with Crippen LogP contribution in [0.2, 0.25) is 0 Å². The van der Waals surface area contributed by atoms with Gasteiger partial charge in [-0.2, -0.15) is 0 Å². The normalized spacial score (nSPS) is 11.7. The molecule has 0 nitrogen and oxygen atoms in total. The molecule has 0 fully saturated rings. The molecule has 0 heterocycles. The molecule has 0 aromatic heterocycles. The smallest absolute Gasteiger partial charge is 0.110 e. The van der Waals surface area contributed by atoms with Gasteiger partial charge in [-0.25, -0.2) is 0 Å². The second kappa shape index (κ2) is 14.6. The molecule has 38 radical (unpaired) electrons. The van der Waals surface area contributed by atoms with Crippen LogP contribution < -0.4 is 104 Å². The molecule has 0 aliphatic rings. The molecule has 0 saturated carbocycles. The fraction of sp³-hybridized carbons (Fsp3) is 0. The first-order chi connectivity index (χ1) is 27.8. The monoisotopic (exact) mass is 696 g/mol. The lowest BCUT2D eigenvalue weighted by Gasteiger charge is -2.32. The van der Waals surface area contributed by atoms with Crippen molar-refractivity contribution in [2.75, 3.05) is 0 Å². The van der Waals surface area contributed by atoms with Crippen LogP contribution in [0.5, 0.6) is 0 Å². The Balaban J connectivity index is 1.67. The molecule has 8 rings (SSSR count). The number of hydrogen-bond acceptors (Lipinski definition) is 0. The van der Waals surface area contributed by atoms with Gasteiger partial charge in [0.05, 0.1) is 0 Å². The molecule has 0 unspecified atom stereocenters. The molecule has 224 valence electrons. The molecule has 0 bridgehead atoms. The number of rotatable bonds is 3. The summed E-state index contributed by atoms with van der Waals surface area (Å²) in [5.74, 6) is 0. The highest BCUT2D eigenvalue weighted by atomic mass is 14.3. The highest BCUT2D eigenvalue weighted by molar-refractivity contribution is 6.75. The summed E-state index contributed by atoms with van der Waals surface area (Å²) in [6, 6.07) is 13.5. The number of fused-ring (bicyclic) bond motifs is 4. The summed E-state index contributed by atoms with van der Waals surface area (Å²) in [4.78, 5) is 0. The third-order valence-corrected chi connectivity index (χ3v) is 11.5. The molecule has 0 amide bonds. The zero-order chi connectivity index (χ0) is 43.0. The summed E-state index contributed by atoms with van der Waals surface area (Å²) in [6.45, 7) is 0. The lowest BCUT2D eigenvalue weighted by molar-refractivity contribution is 1.73. The lowest BCUT2D eigenvalue weighted by Crippen LogP contribution is -2.53. The first-order valence-electron chi connectivity index (χ1n) is 17.8. The van der Waals surface area contributed by atoms with Crippen molar-refractivity contribution in [3.63, 3.8) is 0 Å². The zero-order valence-corrected chi connectivity index (χ0v) is 31.5. The molecule has 0 saturated heterocycles. The van der Waals surface area contributed by atoms with Crippen molar-refractivity contribution in [2.45, 2.75) is 0 Å². The maximum absolute atomic E-state index is 7.25. The second-order valence-electron chi connectivity index (χ2n) is 14.5. The fourth-order valence-electron chi connectivity index (χ4n) is 8.40. The molecule has 8 aromatic carbocycles. The maximum Gasteiger partial charge on any atom is 0.115 e. The minimum Gasteiger partial charge on any atom is -0.110 e. The van der Waals surface area contributed by atoms with Crippen LogP contribution in [0, 0.1) is 0 Å². The molecule has 8 aromatic rings. The first kappa shape index (κ1) is 41.8. The van der Waals surface area contributed by atoms with Crippen LogP contribution in [-0.4, -0.2) is 149 Å². The minimum absolute atomic E-state index is 0.000269. The van der Waals surface area contributed by atoms with E-state index in [9.17, 15) is 0 Å². The fourth-order valence-corrected chi connectivity index (χ4v) is 8.40.